The lowest BCUT2D eigenvalue weighted by atomic mass is 10.3. The fourth-order valence-electron chi connectivity index (χ4n) is 1.23. The van der Waals surface area contributed by atoms with Crippen LogP contribution in [0, 0.1) is 0 Å². The summed E-state index contributed by atoms with van der Waals surface area (Å²) in [6.45, 7) is 2.82. The summed E-state index contributed by atoms with van der Waals surface area (Å²) in [7, 11) is 0. The Morgan fingerprint density at radius 2 is 2.39 bits per heavy atom. The molecule has 0 aliphatic heterocycles. The molecule has 1 aromatic heterocycles. The van der Waals surface area contributed by atoms with Gasteiger partial charge in [-0.05, 0) is 36.1 Å². The minimum Gasteiger partial charge on any atom is -0.492 e. The van der Waals surface area contributed by atoms with Gasteiger partial charge in [0.25, 0.3) is 0 Å². The highest BCUT2D eigenvalue weighted by atomic mass is 32.2. The zero-order valence-electron chi connectivity index (χ0n) is 10.3. The fourth-order valence-corrected chi connectivity index (χ4v) is 1.84. The monoisotopic (exact) mass is 267 g/mol. The Morgan fingerprint density at radius 1 is 1.56 bits per heavy atom. The van der Waals surface area contributed by atoms with E-state index >= 15 is 0 Å². The van der Waals surface area contributed by atoms with Gasteiger partial charge in [0.05, 0.1) is 18.5 Å². The van der Waals surface area contributed by atoms with Gasteiger partial charge in [0, 0.05) is 6.08 Å². The maximum absolute atomic E-state index is 10.3. The number of aliphatic carboxylic acids is 1. The van der Waals surface area contributed by atoms with Gasteiger partial charge < -0.3 is 9.84 Å². The minimum atomic E-state index is -0.981. The number of nitrogens with zero attached hydrogens (tertiary/aromatic N) is 1. The zero-order valence-corrected chi connectivity index (χ0v) is 11.2. The zero-order chi connectivity index (χ0) is 13.2. The van der Waals surface area contributed by atoms with E-state index in [0.29, 0.717) is 18.1 Å². The van der Waals surface area contributed by atoms with Crippen LogP contribution in [0.25, 0.3) is 6.08 Å². The van der Waals surface area contributed by atoms with Crippen LogP contribution in [0.15, 0.2) is 24.4 Å². The summed E-state index contributed by atoms with van der Waals surface area (Å²) in [6, 6.07) is 3.52. The third-order valence-electron chi connectivity index (χ3n) is 2.06. The Kier molecular flexibility index (Phi) is 6.94. The molecule has 98 valence electrons. The van der Waals surface area contributed by atoms with E-state index in [4.69, 9.17) is 9.84 Å². The summed E-state index contributed by atoms with van der Waals surface area (Å²) >= 11 is 1.89. The third-order valence-corrected chi connectivity index (χ3v) is 3.05. The van der Waals surface area contributed by atoms with E-state index in [1.807, 2.05) is 11.8 Å². The lowest BCUT2D eigenvalue weighted by Gasteiger charge is -2.05. The predicted molar refractivity (Wildman–Crippen MR) is 74.0 cm³/mol. The highest BCUT2D eigenvalue weighted by Gasteiger charge is 1.96. The molecular formula is C13H17NO3S. The van der Waals surface area contributed by atoms with E-state index in [1.165, 1.54) is 6.08 Å². The van der Waals surface area contributed by atoms with E-state index < -0.39 is 5.97 Å². The Bertz CT molecular complexity index is 390. The molecule has 0 radical (unpaired) electrons. The number of hydrogen-bond acceptors (Lipinski definition) is 4. The third kappa shape index (κ3) is 6.30. The van der Waals surface area contributed by atoms with Gasteiger partial charge in [0.15, 0.2) is 0 Å². The van der Waals surface area contributed by atoms with E-state index in [2.05, 4.69) is 11.9 Å². The molecule has 0 aromatic carbocycles. The molecule has 0 unspecified atom stereocenters. The number of carboxylic acids is 1. The van der Waals surface area contributed by atoms with Crippen LogP contribution in [0.5, 0.6) is 5.75 Å². The largest absolute Gasteiger partial charge is 0.492 e. The second-order valence-corrected chi connectivity index (χ2v) is 4.88. The molecule has 1 aromatic rings. The number of rotatable bonds is 8. The van der Waals surface area contributed by atoms with Gasteiger partial charge in [-0.1, -0.05) is 6.92 Å². The van der Waals surface area contributed by atoms with Crippen molar-refractivity contribution in [3.63, 3.8) is 0 Å². The van der Waals surface area contributed by atoms with Crippen molar-refractivity contribution >= 4 is 23.8 Å². The van der Waals surface area contributed by atoms with Gasteiger partial charge in [0.1, 0.15) is 5.75 Å². The first-order valence-corrected chi connectivity index (χ1v) is 6.95. The molecule has 18 heavy (non-hydrogen) atoms. The summed E-state index contributed by atoms with van der Waals surface area (Å²) in [6.07, 6.45) is 5.13. The van der Waals surface area contributed by atoms with Crippen LogP contribution >= 0.6 is 11.8 Å². The standard InChI is InChI=1S/C13H17NO3S/c1-2-18-9-3-8-17-12-6-4-11(14-10-12)5-7-13(15)16/h4-7,10H,2-3,8-9H2,1H3,(H,15,16)/b7-5+. The van der Waals surface area contributed by atoms with Crippen LogP contribution in [0.4, 0.5) is 0 Å². The van der Waals surface area contributed by atoms with Crippen molar-refractivity contribution in [2.45, 2.75) is 13.3 Å². The highest BCUT2D eigenvalue weighted by molar-refractivity contribution is 7.99. The van der Waals surface area contributed by atoms with Gasteiger partial charge in [0.2, 0.25) is 0 Å². The minimum absolute atomic E-state index is 0.603. The highest BCUT2D eigenvalue weighted by Crippen LogP contribution is 2.11. The van der Waals surface area contributed by atoms with Crippen molar-refractivity contribution in [2.24, 2.45) is 0 Å². The molecule has 0 saturated carbocycles. The Hall–Kier alpha value is -1.49. The molecule has 1 rings (SSSR count). The van der Waals surface area contributed by atoms with Crippen molar-refractivity contribution < 1.29 is 14.6 Å². The summed E-state index contributed by atoms with van der Waals surface area (Å²) in [5.41, 5.74) is 0.603. The molecule has 4 nitrogen and oxygen atoms in total. The maximum Gasteiger partial charge on any atom is 0.328 e. The van der Waals surface area contributed by atoms with E-state index in [0.717, 1.165) is 24.0 Å². The first-order chi connectivity index (χ1) is 8.72. The number of carboxylic acid groups (broad SMARTS) is 1. The molecule has 0 amide bonds. The van der Waals surface area contributed by atoms with Gasteiger partial charge >= 0.3 is 5.97 Å². The summed E-state index contributed by atoms with van der Waals surface area (Å²) in [4.78, 5) is 14.4. The second-order valence-electron chi connectivity index (χ2n) is 3.49. The second kappa shape index (κ2) is 8.58. The number of pyridine rings is 1. The van der Waals surface area contributed by atoms with Crippen molar-refractivity contribution in [3.8, 4) is 5.75 Å². The van der Waals surface area contributed by atoms with Crippen LogP contribution in [0.1, 0.15) is 19.0 Å². The van der Waals surface area contributed by atoms with Crippen LogP contribution in [0.2, 0.25) is 0 Å². The van der Waals surface area contributed by atoms with Crippen LogP contribution < -0.4 is 4.74 Å². The molecule has 0 atom stereocenters. The lowest BCUT2D eigenvalue weighted by molar-refractivity contribution is -0.131. The topological polar surface area (TPSA) is 59.4 Å². The molecule has 1 heterocycles. The quantitative estimate of drug-likeness (QED) is 0.579. The molecule has 0 aliphatic rings. The molecular weight excluding hydrogens is 250 g/mol. The molecule has 0 aliphatic carbocycles. The molecule has 0 bridgehead atoms. The van der Waals surface area contributed by atoms with Gasteiger partial charge in [-0.25, -0.2) is 4.79 Å². The van der Waals surface area contributed by atoms with E-state index in [-0.39, 0.29) is 0 Å². The summed E-state index contributed by atoms with van der Waals surface area (Å²) in [5.74, 6) is 1.96. The summed E-state index contributed by atoms with van der Waals surface area (Å²) < 4.78 is 5.52. The van der Waals surface area contributed by atoms with E-state index in [1.54, 1.807) is 18.3 Å². The Labute approximate surface area is 111 Å². The summed E-state index contributed by atoms with van der Waals surface area (Å²) in [5, 5.41) is 8.48. The first kappa shape index (κ1) is 14.6. The van der Waals surface area contributed by atoms with Crippen molar-refractivity contribution in [3.05, 3.63) is 30.1 Å². The normalized spacial score (nSPS) is 10.7. The van der Waals surface area contributed by atoms with E-state index in [9.17, 15) is 4.79 Å². The van der Waals surface area contributed by atoms with Crippen LogP contribution in [-0.4, -0.2) is 34.2 Å². The first-order valence-electron chi connectivity index (χ1n) is 5.80. The molecule has 0 saturated heterocycles. The number of carbonyl (C=O) groups is 1. The Balaban J connectivity index is 2.34. The SMILES string of the molecule is CCSCCCOc1ccc(/C=C/C(=O)O)nc1. The average molecular weight is 267 g/mol. The van der Waals surface area contributed by atoms with Gasteiger partial charge in [-0.3, -0.25) is 4.98 Å². The fraction of sp³-hybridized carbons (Fsp3) is 0.385. The number of ether oxygens (including phenoxy) is 1. The van der Waals surface area contributed by atoms with Crippen molar-refractivity contribution in [2.75, 3.05) is 18.1 Å². The van der Waals surface area contributed by atoms with Crippen molar-refractivity contribution in [1.82, 2.24) is 4.98 Å². The average Bonchev–Trinajstić information content (AvgIpc) is 2.37. The van der Waals surface area contributed by atoms with Gasteiger partial charge in [-0.15, -0.1) is 0 Å². The van der Waals surface area contributed by atoms with Crippen LogP contribution in [0.3, 0.4) is 0 Å². The lowest BCUT2D eigenvalue weighted by Crippen LogP contribution is -1.99. The van der Waals surface area contributed by atoms with Crippen molar-refractivity contribution in [1.29, 1.82) is 0 Å². The number of aromatic nitrogens is 1. The predicted octanol–water partition coefficient (Wildman–Crippen LogP) is 2.70. The molecule has 1 N–H and O–H groups in total. The molecule has 0 fully saturated rings. The molecule has 5 heteroatoms. The molecule has 0 spiro atoms. The number of thioether (sulfide) groups is 1. The smallest absolute Gasteiger partial charge is 0.328 e. The number of hydrogen-bond donors (Lipinski definition) is 1. The maximum atomic E-state index is 10.3. The Morgan fingerprint density at radius 3 is 3.00 bits per heavy atom. The van der Waals surface area contributed by atoms with Crippen LogP contribution in [-0.2, 0) is 4.79 Å². The van der Waals surface area contributed by atoms with Gasteiger partial charge in [-0.2, -0.15) is 11.8 Å².